The Morgan fingerprint density at radius 2 is 1.33 bits per heavy atom. The van der Waals surface area contributed by atoms with Gasteiger partial charge in [0.15, 0.2) is 0 Å². The van der Waals surface area contributed by atoms with E-state index in [0.717, 1.165) is 0 Å². The van der Waals surface area contributed by atoms with Crippen LogP contribution in [-0.4, -0.2) is 8.80 Å². The van der Waals surface area contributed by atoms with Crippen LogP contribution in [0.15, 0.2) is 0 Å². The molecule has 0 radical (unpaired) electrons. The average Bonchev–Trinajstić information content (AvgIpc) is 1.35. The molecule has 0 saturated heterocycles. The maximum atomic E-state index is 2.46. The van der Waals surface area contributed by atoms with E-state index >= 15 is 0 Å². The van der Waals surface area contributed by atoms with E-state index in [-0.39, 0.29) is 0 Å². The fourth-order valence-electron chi connectivity index (χ4n) is 0. The van der Waals surface area contributed by atoms with Gasteiger partial charge in [0.2, 0.25) is 0 Å². The molecule has 0 aromatic heterocycles. The van der Waals surface area contributed by atoms with Gasteiger partial charge in [-0.25, -0.2) is 0 Å². The Bertz CT molecular complexity index is 37.3. The van der Waals surface area contributed by atoms with E-state index in [1.165, 1.54) is 0 Å². The van der Waals surface area contributed by atoms with E-state index in [1.807, 2.05) is 0 Å². The van der Waals surface area contributed by atoms with Crippen molar-refractivity contribution in [3.05, 3.63) is 0 Å². The van der Waals surface area contributed by atoms with Crippen LogP contribution in [0.25, 0.3) is 0 Å². The molecule has 0 aromatic carbocycles. The van der Waals surface area contributed by atoms with Crippen molar-refractivity contribution in [3.63, 3.8) is 0 Å². The van der Waals surface area contributed by atoms with Gasteiger partial charge < -0.3 is 0 Å². The van der Waals surface area contributed by atoms with Gasteiger partial charge in [-0.2, -0.15) is 0 Å². The van der Waals surface area contributed by atoms with Crippen LogP contribution in [0, 0.1) is 0 Å². The number of hydrogen-bond donors (Lipinski definition) is 0. The van der Waals surface area contributed by atoms with E-state index in [0.29, 0.717) is 0 Å². The van der Waals surface area contributed by atoms with Crippen molar-refractivity contribution in [1.29, 1.82) is 0 Å². The van der Waals surface area contributed by atoms with Crippen molar-refractivity contribution in [1.82, 2.24) is 0 Å². The van der Waals surface area contributed by atoms with E-state index in [4.69, 9.17) is 0 Å². The van der Waals surface area contributed by atoms with Crippen molar-refractivity contribution in [2.24, 2.45) is 0 Å². The van der Waals surface area contributed by atoms with Crippen molar-refractivity contribution < 1.29 is 0 Å². The second-order valence-corrected chi connectivity index (χ2v) is 24.3. The Labute approximate surface area is 36.8 Å². The molecule has 0 aromatic rings. The molecule has 0 N–H and O–H groups in total. The van der Waals surface area contributed by atoms with Crippen LogP contribution in [-0.2, 0) is 0 Å². The molecule has 0 aliphatic heterocycles. The predicted molar refractivity (Wildman–Crippen MR) is 29.2 cm³/mol. The third kappa shape index (κ3) is 3.22. The standard InChI is InChI=1S/C3H9Si.CH3.Cm/c1-4(2)3;;/h1-3H3;1H3;. The van der Waals surface area contributed by atoms with E-state index < -0.39 is 8.80 Å². The SMILES string of the molecule is [CH3][Cm][Si](C)(C)C. The summed E-state index contributed by atoms with van der Waals surface area (Å²) in [7, 11) is 1.98. The van der Waals surface area contributed by atoms with Crippen molar-refractivity contribution >= 4 is 8.80 Å². The summed E-state index contributed by atoms with van der Waals surface area (Å²) in [6.45, 7) is 7.37. The molecule has 40 valence electrons. The van der Waals surface area contributed by atoms with Crippen LogP contribution in [0.3, 0.4) is 0 Å². The van der Waals surface area contributed by atoms with Gasteiger partial charge in [-0.15, -0.1) is 0 Å². The molecule has 0 fully saturated rings. The Kier molecular flexibility index (Phi) is 0.982. The quantitative estimate of drug-likeness (QED) is 0.643. The second kappa shape index (κ2) is 1.13. The summed E-state index contributed by atoms with van der Waals surface area (Å²) in [4.78, 5) is 0. The van der Waals surface area contributed by atoms with Crippen molar-refractivity contribution in [2.75, 3.05) is 0 Å². The number of hydrogen-bond acceptors (Lipinski definition) is 0. The monoisotopic (exact) mass is 331 g/mol. The molecule has 0 aliphatic rings. The van der Waals surface area contributed by atoms with Gasteiger partial charge in [0.25, 0.3) is 0 Å². The molecule has 2 heteroatoms. The zero-order valence-electron chi connectivity index (χ0n) is 4.85. The van der Waals surface area contributed by atoms with E-state index in [9.17, 15) is 0 Å². The van der Waals surface area contributed by atoms with Crippen LogP contribution in [0.1, 0.15) is 0 Å². The normalized spacial score (nSPS) is 10.7. The van der Waals surface area contributed by atoms with Crippen molar-refractivity contribution in [2.45, 2.75) is 27.1 Å². The molecule has 0 aliphatic carbocycles. The third-order valence-corrected chi connectivity index (χ3v) is 14.8. The van der Waals surface area contributed by atoms with Crippen LogP contribution in [0.5, 0.6) is 0 Å². The summed E-state index contributed by atoms with van der Waals surface area (Å²) in [6.07, 6.45) is 0. The first kappa shape index (κ1) is 5.22. The van der Waals surface area contributed by atoms with E-state index in [2.05, 4.69) is 27.1 Å². The molecular weight excluding hydrogens is 323 g/mol. The topological polar surface area (TPSA) is 0 Å². The second-order valence-electron chi connectivity index (χ2n) is 2.21. The molecule has 0 spiro atoms. The minimum absolute atomic E-state index is 0.175. The molecule has 0 unspecified atom stereocenters. The fourth-order valence-corrected chi connectivity index (χ4v) is 0. The van der Waals surface area contributed by atoms with Gasteiger partial charge in [-0.05, 0) is 0 Å². The fraction of sp³-hybridized carbons (Fsp3) is 1.00. The zero-order chi connectivity index (χ0) is 5.21. The molecule has 0 heterocycles. The van der Waals surface area contributed by atoms with E-state index in [1.54, 1.807) is 0 Å². The first-order valence-electron chi connectivity index (χ1n) is 2.03. The Morgan fingerprint density at radius 1 is 1.17 bits per heavy atom. The summed E-state index contributed by atoms with van der Waals surface area (Å²) in [5.74, 6) is 0. The summed E-state index contributed by atoms with van der Waals surface area (Å²) in [5, 5.41) is 0. The summed E-state index contributed by atoms with van der Waals surface area (Å²) < 4.78 is 0.175. The Morgan fingerprint density at radius 3 is 1.33 bits per heavy atom. The zero-order valence-corrected chi connectivity index (χ0v) is 8.80. The molecule has 0 bridgehead atoms. The van der Waals surface area contributed by atoms with Gasteiger partial charge in [-0.3, -0.25) is 0 Å². The average molecular weight is 335 g/mol. The molecule has 0 amide bonds. The van der Waals surface area contributed by atoms with Gasteiger partial charge in [-0.1, -0.05) is 0 Å². The third-order valence-electron chi connectivity index (χ3n) is 0.530. The van der Waals surface area contributed by atoms with Gasteiger partial charge in [0, 0.05) is 0 Å². The Hall–Kier alpha value is -0.783. The first-order valence-corrected chi connectivity index (χ1v) is 12.7. The summed E-state index contributed by atoms with van der Waals surface area (Å²) in [5.41, 5.74) is 0. The predicted octanol–water partition coefficient (Wildman–Crippen LogP) is 1.95. The van der Waals surface area contributed by atoms with Crippen LogP contribution in [0.2, 0.25) is 27.1 Å². The van der Waals surface area contributed by atoms with Crippen LogP contribution in [0.4, 0.5) is 0 Å². The first-order chi connectivity index (χ1) is 2.56. The van der Waals surface area contributed by atoms with Crippen LogP contribution < -0.4 is 0 Å². The molecule has 6 heavy (non-hydrogen) atoms. The van der Waals surface area contributed by atoms with Crippen molar-refractivity contribution in [3.8, 4) is 0 Å². The summed E-state index contributed by atoms with van der Waals surface area (Å²) in [6, 6.07) is 0. The number of rotatable bonds is 1. The van der Waals surface area contributed by atoms with Gasteiger partial charge in [0.05, 0.1) is 0 Å². The maximum absolute atomic E-state index is 2.46. The molecule has 0 nitrogen and oxygen atoms in total. The molecule has 0 atom stereocenters. The molecular formula is C4H12CmSi. The van der Waals surface area contributed by atoms with Gasteiger partial charge in [0.1, 0.15) is 0 Å². The van der Waals surface area contributed by atoms with Crippen LogP contribution >= 0.6 is 0 Å². The molecule has 0 saturated carbocycles. The molecule has 0 rings (SSSR count). The minimum atomic E-state index is -0.463. The Balaban J connectivity index is 3.17. The van der Waals surface area contributed by atoms with Gasteiger partial charge >= 0.3 is 35.9 Å². The summed E-state index contributed by atoms with van der Waals surface area (Å²) >= 11 is 0.